The Balaban J connectivity index is 0.00000137. The summed E-state index contributed by atoms with van der Waals surface area (Å²) in [6, 6.07) is 8.26. The van der Waals surface area contributed by atoms with E-state index in [-0.39, 0.29) is 5.91 Å². The maximum Gasteiger partial charge on any atom is 0.226 e. The predicted molar refractivity (Wildman–Crippen MR) is 74.4 cm³/mol. The van der Waals surface area contributed by atoms with Crippen LogP contribution in [0.1, 0.15) is 50.7 Å². The molecule has 0 radical (unpaired) electrons. The lowest BCUT2D eigenvalue weighted by Gasteiger charge is -2.11. The number of benzene rings is 1. The SMILES string of the molecule is CC.Cc1cccc(C(C)CCC(=O)NC=O)c1. The van der Waals surface area contributed by atoms with Crippen LogP contribution in [0.4, 0.5) is 0 Å². The Morgan fingerprint density at radius 2 is 2.06 bits per heavy atom. The van der Waals surface area contributed by atoms with Gasteiger partial charge in [-0.3, -0.25) is 14.9 Å². The summed E-state index contributed by atoms with van der Waals surface area (Å²) in [6.07, 6.45) is 1.57. The number of hydrogen-bond acceptors (Lipinski definition) is 2. The molecule has 3 nitrogen and oxygen atoms in total. The Morgan fingerprint density at radius 3 is 2.61 bits per heavy atom. The minimum atomic E-state index is -0.213. The average molecular weight is 249 g/mol. The van der Waals surface area contributed by atoms with Crippen molar-refractivity contribution in [3.63, 3.8) is 0 Å². The fourth-order valence-corrected chi connectivity index (χ4v) is 1.63. The molecule has 18 heavy (non-hydrogen) atoms. The van der Waals surface area contributed by atoms with Crippen molar-refractivity contribution < 1.29 is 9.59 Å². The van der Waals surface area contributed by atoms with Gasteiger partial charge in [-0.2, -0.15) is 0 Å². The zero-order valence-corrected chi connectivity index (χ0v) is 11.7. The molecule has 0 heterocycles. The van der Waals surface area contributed by atoms with Crippen LogP contribution in [0.5, 0.6) is 0 Å². The first-order chi connectivity index (χ1) is 8.63. The highest BCUT2D eigenvalue weighted by Gasteiger charge is 2.08. The third-order valence-corrected chi connectivity index (χ3v) is 2.64. The maximum absolute atomic E-state index is 11.1. The number of carbonyl (C=O) groups excluding carboxylic acids is 2. The second-order valence-corrected chi connectivity index (χ2v) is 4.04. The van der Waals surface area contributed by atoms with Gasteiger partial charge in [-0.25, -0.2) is 0 Å². The molecule has 2 amide bonds. The van der Waals surface area contributed by atoms with E-state index in [0.717, 1.165) is 6.42 Å². The number of hydrogen-bond donors (Lipinski definition) is 1. The van der Waals surface area contributed by atoms with Gasteiger partial charge in [0.1, 0.15) is 0 Å². The van der Waals surface area contributed by atoms with E-state index in [2.05, 4.69) is 37.4 Å². The largest absolute Gasteiger partial charge is 0.299 e. The van der Waals surface area contributed by atoms with Crippen LogP contribution in [0, 0.1) is 6.92 Å². The van der Waals surface area contributed by atoms with Gasteiger partial charge in [-0.15, -0.1) is 0 Å². The normalized spacial score (nSPS) is 10.9. The highest BCUT2D eigenvalue weighted by Crippen LogP contribution is 2.21. The van der Waals surface area contributed by atoms with E-state index in [0.29, 0.717) is 18.7 Å². The molecule has 1 atom stereocenters. The van der Waals surface area contributed by atoms with E-state index in [1.54, 1.807) is 0 Å². The van der Waals surface area contributed by atoms with Crippen molar-refractivity contribution in [2.45, 2.75) is 46.5 Å². The first-order valence-corrected chi connectivity index (χ1v) is 6.43. The van der Waals surface area contributed by atoms with Crippen molar-refractivity contribution in [2.24, 2.45) is 0 Å². The number of nitrogens with one attached hydrogen (secondary N) is 1. The lowest BCUT2D eigenvalue weighted by molar-refractivity contribution is -0.125. The maximum atomic E-state index is 11.1. The standard InChI is InChI=1S/C13H17NO2.C2H6/c1-10-4-3-5-12(8-10)11(2)6-7-13(16)14-9-15;1-2/h3-5,8-9,11H,6-7H2,1-2H3,(H,14,15,16);1-2H3. The molecule has 0 aliphatic rings. The topological polar surface area (TPSA) is 46.2 Å². The number of aryl methyl sites for hydroxylation is 1. The monoisotopic (exact) mass is 249 g/mol. The quantitative estimate of drug-likeness (QED) is 0.815. The minimum Gasteiger partial charge on any atom is -0.299 e. The fourth-order valence-electron chi connectivity index (χ4n) is 1.63. The molecule has 0 saturated heterocycles. The summed E-state index contributed by atoms with van der Waals surface area (Å²) in [5.74, 6) is 0.117. The Hall–Kier alpha value is -1.64. The molecule has 1 aromatic rings. The molecule has 0 saturated carbocycles. The fraction of sp³-hybridized carbons (Fsp3) is 0.467. The molecule has 0 aliphatic heterocycles. The van der Waals surface area contributed by atoms with Gasteiger partial charge in [0.05, 0.1) is 0 Å². The van der Waals surface area contributed by atoms with E-state index >= 15 is 0 Å². The summed E-state index contributed by atoms with van der Waals surface area (Å²) in [7, 11) is 0. The molecule has 0 spiro atoms. The van der Waals surface area contributed by atoms with Crippen molar-refractivity contribution in [2.75, 3.05) is 0 Å². The predicted octanol–water partition coefficient (Wildman–Crippen LogP) is 3.18. The lowest BCUT2D eigenvalue weighted by Crippen LogP contribution is -2.21. The van der Waals surface area contributed by atoms with Crippen LogP contribution < -0.4 is 5.32 Å². The Labute approximate surface area is 110 Å². The first kappa shape index (κ1) is 16.4. The van der Waals surface area contributed by atoms with Gasteiger partial charge < -0.3 is 0 Å². The summed E-state index contributed by atoms with van der Waals surface area (Å²) in [5, 5.41) is 2.14. The third-order valence-electron chi connectivity index (χ3n) is 2.64. The van der Waals surface area contributed by atoms with Crippen LogP contribution in [-0.4, -0.2) is 12.3 Å². The average Bonchev–Trinajstić information content (AvgIpc) is 2.38. The zero-order valence-electron chi connectivity index (χ0n) is 11.7. The second kappa shape index (κ2) is 9.40. The van der Waals surface area contributed by atoms with Gasteiger partial charge in [-0.05, 0) is 24.8 Å². The van der Waals surface area contributed by atoms with Gasteiger partial charge in [0.25, 0.3) is 0 Å². The van der Waals surface area contributed by atoms with Crippen LogP contribution >= 0.6 is 0 Å². The number of imide groups is 1. The van der Waals surface area contributed by atoms with E-state index < -0.39 is 0 Å². The molecule has 0 aliphatic carbocycles. The van der Waals surface area contributed by atoms with E-state index in [1.165, 1.54) is 11.1 Å². The summed E-state index contributed by atoms with van der Waals surface area (Å²) in [4.78, 5) is 21.1. The third kappa shape index (κ3) is 6.18. The van der Waals surface area contributed by atoms with Crippen molar-refractivity contribution in [3.8, 4) is 0 Å². The molecular weight excluding hydrogens is 226 g/mol. The lowest BCUT2D eigenvalue weighted by atomic mass is 9.95. The van der Waals surface area contributed by atoms with Gasteiger partial charge in [-0.1, -0.05) is 50.6 Å². The van der Waals surface area contributed by atoms with Crippen LogP contribution in [0.3, 0.4) is 0 Å². The summed E-state index contributed by atoms with van der Waals surface area (Å²) in [6.45, 7) is 8.14. The molecular formula is C15H23NO2. The molecule has 1 rings (SSSR count). The van der Waals surface area contributed by atoms with Crippen LogP contribution in [0.2, 0.25) is 0 Å². The van der Waals surface area contributed by atoms with Crippen molar-refractivity contribution in [1.29, 1.82) is 0 Å². The van der Waals surface area contributed by atoms with Crippen LogP contribution in [-0.2, 0) is 9.59 Å². The molecule has 1 N–H and O–H groups in total. The molecule has 0 bridgehead atoms. The summed E-state index contributed by atoms with van der Waals surface area (Å²) in [5.41, 5.74) is 2.46. The Bertz CT molecular complexity index is 375. The van der Waals surface area contributed by atoms with Gasteiger partial charge in [0, 0.05) is 6.42 Å². The van der Waals surface area contributed by atoms with Crippen LogP contribution in [0.25, 0.3) is 0 Å². The molecule has 1 aromatic carbocycles. The van der Waals surface area contributed by atoms with Gasteiger partial charge in [0.15, 0.2) is 0 Å². The summed E-state index contributed by atoms with van der Waals surface area (Å²) >= 11 is 0. The highest BCUT2D eigenvalue weighted by molar-refractivity contribution is 5.85. The molecule has 0 fully saturated rings. The zero-order chi connectivity index (χ0) is 14.0. The molecule has 100 valence electrons. The molecule has 3 heteroatoms. The van der Waals surface area contributed by atoms with Crippen molar-refractivity contribution >= 4 is 12.3 Å². The number of rotatable bonds is 5. The minimum absolute atomic E-state index is 0.213. The smallest absolute Gasteiger partial charge is 0.226 e. The number of carbonyl (C=O) groups is 2. The molecule has 1 unspecified atom stereocenters. The van der Waals surface area contributed by atoms with Gasteiger partial charge in [0.2, 0.25) is 12.3 Å². The Kier molecular flexibility index (Phi) is 8.54. The second-order valence-electron chi connectivity index (χ2n) is 4.04. The van der Waals surface area contributed by atoms with Gasteiger partial charge >= 0.3 is 0 Å². The summed E-state index contributed by atoms with van der Waals surface area (Å²) < 4.78 is 0. The highest BCUT2D eigenvalue weighted by atomic mass is 16.2. The van der Waals surface area contributed by atoms with E-state index in [9.17, 15) is 9.59 Å². The Morgan fingerprint density at radius 1 is 1.39 bits per heavy atom. The van der Waals surface area contributed by atoms with E-state index in [1.807, 2.05) is 19.9 Å². The molecule has 0 aromatic heterocycles. The number of amides is 2. The van der Waals surface area contributed by atoms with Crippen LogP contribution in [0.15, 0.2) is 24.3 Å². The first-order valence-electron chi connectivity index (χ1n) is 6.43. The van der Waals surface area contributed by atoms with E-state index in [4.69, 9.17) is 0 Å². The van der Waals surface area contributed by atoms with Crippen molar-refractivity contribution in [3.05, 3.63) is 35.4 Å². The van der Waals surface area contributed by atoms with Crippen molar-refractivity contribution in [1.82, 2.24) is 5.32 Å².